The fraction of sp³-hybridized carbons (Fsp3) is 0.522. The molecule has 37 heavy (non-hydrogen) atoms. The van der Waals surface area contributed by atoms with Crippen LogP contribution in [0.15, 0.2) is 30.3 Å². The van der Waals surface area contributed by atoms with Gasteiger partial charge in [-0.05, 0) is 50.0 Å². The third-order valence-electron chi connectivity index (χ3n) is 6.03. The fourth-order valence-corrected chi connectivity index (χ4v) is 3.93. The summed E-state index contributed by atoms with van der Waals surface area (Å²) in [5.74, 6) is -3.50. The molecule has 2 heterocycles. The van der Waals surface area contributed by atoms with Crippen molar-refractivity contribution in [3.63, 3.8) is 0 Å². The van der Waals surface area contributed by atoms with Crippen molar-refractivity contribution in [1.29, 1.82) is 0 Å². The molecule has 0 saturated carbocycles. The van der Waals surface area contributed by atoms with Gasteiger partial charge in [0.25, 0.3) is 11.7 Å². The van der Waals surface area contributed by atoms with Gasteiger partial charge in [-0.2, -0.15) is 18.0 Å². The maximum atomic E-state index is 13.2. The van der Waals surface area contributed by atoms with E-state index in [1.54, 1.807) is 37.3 Å². The Morgan fingerprint density at radius 2 is 1.86 bits per heavy atom. The van der Waals surface area contributed by atoms with Crippen molar-refractivity contribution < 1.29 is 32.3 Å². The van der Waals surface area contributed by atoms with Gasteiger partial charge in [0.05, 0.1) is 6.04 Å². The molecule has 200 valence electrons. The zero-order valence-corrected chi connectivity index (χ0v) is 20.4. The van der Waals surface area contributed by atoms with Crippen LogP contribution in [0.2, 0.25) is 0 Å². The molecule has 2 N–H and O–H groups in total. The number of likely N-dealkylation sites (tertiary alicyclic amines) is 1. The van der Waals surface area contributed by atoms with Crippen molar-refractivity contribution in [2.75, 3.05) is 6.54 Å². The number of nitrogens with zero attached hydrogens (tertiary/aromatic N) is 5. The summed E-state index contributed by atoms with van der Waals surface area (Å²) in [6, 6.07) is 5.65. The van der Waals surface area contributed by atoms with Crippen molar-refractivity contribution in [3.05, 3.63) is 41.7 Å². The van der Waals surface area contributed by atoms with Crippen molar-refractivity contribution in [2.45, 2.75) is 70.4 Å². The summed E-state index contributed by atoms with van der Waals surface area (Å²) in [7, 11) is 0. The van der Waals surface area contributed by atoms with Gasteiger partial charge in [0.2, 0.25) is 11.8 Å². The topological polar surface area (TPSA) is 139 Å². The van der Waals surface area contributed by atoms with Crippen LogP contribution in [0, 0.1) is 0 Å². The molecular weight excluding hydrogens is 495 g/mol. The van der Waals surface area contributed by atoms with Crippen molar-refractivity contribution >= 4 is 23.5 Å². The lowest BCUT2D eigenvalue weighted by Crippen LogP contribution is -2.56. The van der Waals surface area contributed by atoms with Crippen LogP contribution in [0.4, 0.5) is 13.2 Å². The van der Waals surface area contributed by atoms with Gasteiger partial charge in [-0.25, -0.2) is 0 Å². The zero-order chi connectivity index (χ0) is 27.2. The Kier molecular flexibility index (Phi) is 8.95. The molecule has 0 bridgehead atoms. The van der Waals surface area contributed by atoms with Gasteiger partial charge in [0.15, 0.2) is 5.78 Å². The highest BCUT2D eigenvalue weighted by molar-refractivity contribution is 5.98. The monoisotopic (exact) mass is 523 g/mol. The van der Waals surface area contributed by atoms with E-state index in [-0.39, 0.29) is 6.42 Å². The second kappa shape index (κ2) is 11.9. The van der Waals surface area contributed by atoms with Crippen LogP contribution in [-0.4, -0.2) is 73.3 Å². The second-order valence-electron chi connectivity index (χ2n) is 8.67. The number of hydrogen-bond donors (Lipinski definition) is 2. The maximum Gasteiger partial charge on any atom is 0.455 e. The molecule has 1 aromatic carbocycles. The average molecular weight is 524 g/mol. The summed E-state index contributed by atoms with van der Waals surface area (Å²) in [4.78, 5) is 53.2. The first-order chi connectivity index (χ1) is 17.5. The predicted octanol–water partition coefficient (Wildman–Crippen LogP) is 1.36. The van der Waals surface area contributed by atoms with Gasteiger partial charge >= 0.3 is 6.18 Å². The van der Waals surface area contributed by atoms with Crippen molar-refractivity contribution in [2.24, 2.45) is 0 Å². The van der Waals surface area contributed by atoms with E-state index in [1.807, 2.05) is 0 Å². The van der Waals surface area contributed by atoms with Crippen LogP contribution in [0.25, 0.3) is 0 Å². The van der Waals surface area contributed by atoms with Gasteiger partial charge in [-0.15, -0.1) is 10.2 Å². The number of nitrogens with one attached hydrogen (secondary N) is 2. The van der Waals surface area contributed by atoms with Crippen LogP contribution in [-0.2, 0) is 27.1 Å². The van der Waals surface area contributed by atoms with E-state index in [0.29, 0.717) is 36.2 Å². The molecule has 0 spiro atoms. The van der Waals surface area contributed by atoms with Crippen molar-refractivity contribution in [1.82, 2.24) is 35.7 Å². The third kappa shape index (κ3) is 7.11. The number of hydrogen-bond acceptors (Lipinski definition) is 7. The van der Waals surface area contributed by atoms with E-state index >= 15 is 0 Å². The molecule has 1 saturated heterocycles. The highest BCUT2D eigenvalue weighted by atomic mass is 19.4. The lowest BCUT2D eigenvalue weighted by atomic mass is 10.1. The van der Waals surface area contributed by atoms with Crippen LogP contribution < -0.4 is 10.6 Å². The van der Waals surface area contributed by atoms with E-state index < -0.39 is 60.2 Å². The Morgan fingerprint density at radius 1 is 1.16 bits per heavy atom. The number of carbonyl (C=O) groups is 4. The first-order valence-electron chi connectivity index (χ1n) is 11.9. The van der Waals surface area contributed by atoms with Gasteiger partial charge in [-0.1, -0.05) is 25.1 Å². The number of amides is 3. The molecule has 3 atom stereocenters. The molecule has 1 fully saturated rings. The molecule has 3 rings (SSSR count). The number of alkyl halides is 3. The smallest absolute Gasteiger partial charge is 0.344 e. The van der Waals surface area contributed by atoms with E-state index in [2.05, 4.69) is 26.0 Å². The van der Waals surface area contributed by atoms with Gasteiger partial charge < -0.3 is 15.5 Å². The number of Topliss-reactive ketones (excluding diaryl/α,β-unsaturated/α-hetero) is 1. The highest BCUT2D eigenvalue weighted by Crippen LogP contribution is 2.24. The average Bonchev–Trinajstić information content (AvgIpc) is 3.27. The van der Waals surface area contributed by atoms with E-state index in [9.17, 15) is 32.3 Å². The first-order valence-corrected chi connectivity index (χ1v) is 11.9. The van der Waals surface area contributed by atoms with Crippen molar-refractivity contribution in [3.8, 4) is 0 Å². The molecule has 0 aliphatic carbocycles. The Labute approximate surface area is 210 Å². The standard InChI is InChI=1S/C23H28F3N7O4/c1-3-16(18(34)13-33-30-22(29-31-33)23(24,25)26)27-19(35)14(2)32-12-8-7-11-17(21(32)37)28-20(36)15-9-5-4-6-10-15/h4-6,9-10,14,16-17H,3,7-8,11-13H2,1-2H3,(H,27,35)(H,28,36). The minimum Gasteiger partial charge on any atom is -0.344 e. The lowest BCUT2D eigenvalue weighted by molar-refractivity contribution is -0.145. The number of ketones is 1. The molecule has 1 aliphatic heterocycles. The molecule has 3 unspecified atom stereocenters. The first kappa shape index (κ1) is 27.7. The molecule has 1 aliphatic rings. The van der Waals surface area contributed by atoms with E-state index in [1.165, 1.54) is 11.8 Å². The molecular formula is C23H28F3N7O4. The number of carbonyl (C=O) groups excluding carboxylic acids is 4. The van der Waals surface area contributed by atoms with Gasteiger partial charge in [0, 0.05) is 12.1 Å². The summed E-state index contributed by atoms with van der Waals surface area (Å²) in [5.41, 5.74) is 0.408. The maximum absolute atomic E-state index is 13.2. The summed E-state index contributed by atoms with van der Waals surface area (Å²) >= 11 is 0. The minimum atomic E-state index is -4.80. The summed E-state index contributed by atoms with van der Waals surface area (Å²) in [6.45, 7) is 2.81. The summed E-state index contributed by atoms with van der Waals surface area (Å²) < 4.78 is 38.0. The molecule has 1 aromatic heterocycles. The van der Waals surface area contributed by atoms with Gasteiger partial charge in [0.1, 0.15) is 18.6 Å². The Morgan fingerprint density at radius 3 is 2.49 bits per heavy atom. The number of benzene rings is 1. The second-order valence-corrected chi connectivity index (χ2v) is 8.67. The van der Waals surface area contributed by atoms with Crippen LogP contribution in [0.1, 0.15) is 55.7 Å². The number of aromatic nitrogens is 4. The normalized spacial score (nSPS) is 18.0. The van der Waals surface area contributed by atoms with Crippen LogP contribution in [0.5, 0.6) is 0 Å². The molecule has 2 aromatic rings. The number of rotatable bonds is 9. The highest BCUT2D eigenvalue weighted by Gasteiger charge is 2.37. The SMILES string of the molecule is CCC(NC(=O)C(C)N1CCCCC(NC(=O)c2ccccc2)C1=O)C(=O)Cn1nnc(C(F)(F)F)n1. The predicted molar refractivity (Wildman–Crippen MR) is 123 cm³/mol. The Balaban J connectivity index is 1.62. The Hall–Kier alpha value is -3.84. The van der Waals surface area contributed by atoms with Crippen LogP contribution >= 0.6 is 0 Å². The van der Waals surface area contributed by atoms with E-state index in [0.717, 1.165) is 0 Å². The third-order valence-corrected chi connectivity index (χ3v) is 6.03. The molecule has 0 radical (unpaired) electrons. The number of tetrazole rings is 1. The summed E-state index contributed by atoms with van der Waals surface area (Å²) in [6.07, 6.45) is -2.94. The van der Waals surface area contributed by atoms with E-state index in [4.69, 9.17) is 0 Å². The van der Waals surface area contributed by atoms with Crippen LogP contribution in [0.3, 0.4) is 0 Å². The largest absolute Gasteiger partial charge is 0.455 e. The molecule has 3 amide bonds. The molecule has 11 nitrogen and oxygen atoms in total. The Bertz CT molecular complexity index is 1120. The fourth-order valence-electron chi connectivity index (χ4n) is 3.93. The summed E-state index contributed by atoms with van der Waals surface area (Å²) in [5, 5.41) is 14.6. The quantitative estimate of drug-likeness (QED) is 0.506. The number of halogens is 3. The van der Waals surface area contributed by atoms with Gasteiger partial charge in [-0.3, -0.25) is 19.2 Å². The lowest BCUT2D eigenvalue weighted by Gasteiger charge is -2.30. The molecule has 14 heteroatoms. The zero-order valence-electron chi connectivity index (χ0n) is 20.4. The minimum absolute atomic E-state index is 0.155.